The molecule has 19 heavy (non-hydrogen) atoms. The summed E-state index contributed by atoms with van der Waals surface area (Å²) in [5, 5.41) is 13.7. The first-order valence-corrected chi connectivity index (χ1v) is 7.92. The minimum Gasteiger partial charge on any atom is -0.311 e. The van der Waals surface area contributed by atoms with E-state index in [2.05, 4.69) is 5.32 Å². The van der Waals surface area contributed by atoms with Crippen molar-refractivity contribution in [3.63, 3.8) is 0 Å². The second-order valence-corrected chi connectivity index (χ2v) is 6.52. The first-order valence-electron chi connectivity index (χ1n) is 6.09. The van der Waals surface area contributed by atoms with Crippen molar-refractivity contribution in [2.45, 2.75) is 19.9 Å². The van der Waals surface area contributed by atoms with Gasteiger partial charge in [-0.15, -0.1) is 0 Å². The summed E-state index contributed by atoms with van der Waals surface area (Å²) >= 11 is 0. The Bertz CT molecular complexity index is 528. The van der Waals surface area contributed by atoms with Crippen molar-refractivity contribution in [1.82, 2.24) is 5.32 Å². The Morgan fingerprint density at radius 3 is 2.58 bits per heavy atom. The van der Waals surface area contributed by atoms with Gasteiger partial charge in [-0.2, -0.15) is 0 Å². The van der Waals surface area contributed by atoms with Crippen LogP contribution >= 0.6 is 0 Å². The summed E-state index contributed by atoms with van der Waals surface area (Å²) in [7, 11) is -3.01. The lowest BCUT2D eigenvalue weighted by Crippen LogP contribution is -2.24. The van der Waals surface area contributed by atoms with Crippen molar-refractivity contribution in [3.8, 4) is 0 Å². The van der Waals surface area contributed by atoms with E-state index in [1.54, 1.807) is 18.2 Å². The number of sulfone groups is 1. The van der Waals surface area contributed by atoms with Gasteiger partial charge in [0.1, 0.15) is 0 Å². The van der Waals surface area contributed by atoms with Gasteiger partial charge in [0.2, 0.25) is 0 Å². The topological polar surface area (TPSA) is 89.3 Å². The minimum absolute atomic E-state index is 0.0476. The van der Waals surface area contributed by atoms with Crippen LogP contribution in [0.1, 0.15) is 18.9 Å². The van der Waals surface area contributed by atoms with E-state index in [0.717, 1.165) is 0 Å². The Morgan fingerprint density at radius 2 is 1.95 bits per heavy atom. The molecule has 0 spiro atoms. The molecule has 6 nitrogen and oxygen atoms in total. The average Bonchev–Trinajstić information content (AvgIpc) is 2.35. The smallest absolute Gasteiger partial charge is 0.273 e. The Balaban J connectivity index is 2.48. The molecular weight excluding hydrogens is 268 g/mol. The van der Waals surface area contributed by atoms with Crippen LogP contribution in [0, 0.1) is 10.1 Å². The molecule has 1 aromatic rings. The van der Waals surface area contributed by atoms with Gasteiger partial charge in [-0.3, -0.25) is 10.1 Å². The number of para-hydroxylation sites is 1. The van der Waals surface area contributed by atoms with Crippen molar-refractivity contribution >= 4 is 15.5 Å². The first kappa shape index (κ1) is 15.6. The molecule has 7 heteroatoms. The molecule has 1 rings (SSSR count). The normalized spacial score (nSPS) is 11.4. The molecule has 0 unspecified atom stereocenters. The van der Waals surface area contributed by atoms with E-state index in [9.17, 15) is 18.5 Å². The van der Waals surface area contributed by atoms with Gasteiger partial charge in [0.25, 0.3) is 5.69 Å². The third kappa shape index (κ3) is 5.35. The van der Waals surface area contributed by atoms with Gasteiger partial charge in [-0.05, 0) is 6.42 Å². The van der Waals surface area contributed by atoms with Crippen LogP contribution in [-0.2, 0) is 16.4 Å². The van der Waals surface area contributed by atoms with E-state index in [4.69, 9.17) is 0 Å². The van der Waals surface area contributed by atoms with Gasteiger partial charge in [-0.1, -0.05) is 25.1 Å². The number of hydrogen-bond donors (Lipinski definition) is 1. The number of nitrogens with one attached hydrogen (secondary N) is 1. The van der Waals surface area contributed by atoms with Crippen LogP contribution in [0.15, 0.2) is 24.3 Å². The maximum atomic E-state index is 11.5. The molecule has 0 aliphatic carbocycles. The largest absolute Gasteiger partial charge is 0.311 e. The maximum Gasteiger partial charge on any atom is 0.273 e. The number of nitro groups is 1. The predicted octanol–water partition coefficient (Wildman–Crippen LogP) is 1.51. The highest BCUT2D eigenvalue weighted by Crippen LogP contribution is 2.16. The second kappa shape index (κ2) is 7.20. The molecule has 1 aromatic carbocycles. The summed E-state index contributed by atoms with van der Waals surface area (Å²) in [6.07, 6.45) is 0.604. The van der Waals surface area contributed by atoms with E-state index in [1.165, 1.54) is 6.07 Å². The summed E-state index contributed by atoms with van der Waals surface area (Å²) in [5.74, 6) is 0.238. The lowest BCUT2D eigenvalue weighted by Gasteiger charge is -2.06. The highest BCUT2D eigenvalue weighted by atomic mass is 32.2. The molecule has 0 fully saturated rings. The summed E-state index contributed by atoms with van der Waals surface area (Å²) in [6.45, 7) is 2.41. The number of benzene rings is 1. The lowest BCUT2D eigenvalue weighted by molar-refractivity contribution is -0.385. The fourth-order valence-electron chi connectivity index (χ4n) is 1.70. The van der Waals surface area contributed by atoms with Crippen LogP contribution in [0.4, 0.5) is 5.69 Å². The van der Waals surface area contributed by atoms with Crippen LogP contribution in [0.5, 0.6) is 0 Å². The van der Waals surface area contributed by atoms with E-state index < -0.39 is 14.8 Å². The standard InChI is InChI=1S/C12H18N2O4S/c1-2-8-19(17,18)9-7-13-10-11-5-3-4-6-12(11)14(15)16/h3-6,13H,2,7-10H2,1H3. The molecule has 0 amide bonds. The van der Waals surface area contributed by atoms with Crippen LogP contribution in [0.2, 0.25) is 0 Å². The predicted molar refractivity (Wildman–Crippen MR) is 73.7 cm³/mol. The van der Waals surface area contributed by atoms with Crippen LogP contribution < -0.4 is 5.32 Å². The molecule has 0 saturated heterocycles. The molecular formula is C12H18N2O4S. The van der Waals surface area contributed by atoms with Crippen molar-refractivity contribution in [2.75, 3.05) is 18.1 Å². The molecule has 0 heterocycles. The lowest BCUT2D eigenvalue weighted by atomic mass is 10.2. The maximum absolute atomic E-state index is 11.5. The van der Waals surface area contributed by atoms with E-state index >= 15 is 0 Å². The van der Waals surface area contributed by atoms with E-state index in [-0.39, 0.29) is 17.2 Å². The molecule has 0 aromatic heterocycles. The molecule has 0 bridgehead atoms. The molecule has 0 aliphatic rings. The zero-order chi connectivity index (χ0) is 14.3. The fourth-order valence-corrected chi connectivity index (χ4v) is 2.98. The fraction of sp³-hybridized carbons (Fsp3) is 0.500. The van der Waals surface area contributed by atoms with Gasteiger partial charge in [0.05, 0.1) is 10.7 Å². The Hall–Kier alpha value is -1.47. The van der Waals surface area contributed by atoms with E-state index in [1.807, 2.05) is 6.92 Å². The van der Waals surface area contributed by atoms with E-state index in [0.29, 0.717) is 25.1 Å². The van der Waals surface area contributed by atoms with Crippen molar-refractivity contribution in [2.24, 2.45) is 0 Å². The zero-order valence-electron chi connectivity index (χ0n) is 10.8. The number of hydrogen-bond acceptors (Lipinski definition) is 5. The summed E-state index contributed by atoms with van der Waals surface area (Å²) in [5.41, 5.74) is 0.604. The monoisotopic (exact) mass is 286 g/mol. The van der Waals surface area contributed by atoms with Gasteiger partial charge in [0, 0.05) is 30.5 Å². The Kier molecular flexibility index (Phi) is 5.91. The van der Waals surface area contributed by atoms with Crippen molar-refractivity contribution < 1.29 is 13.3 Å². The molecule has 1 N–H and O–H groups in total. The summed E-state index contributed by atoms with van der Waals surface area (Å²) in [4.78, 5) is 10.3. The third-order valence-corrected chi connectivity index (χ3v) is 4.47. The van der Waals surface area contributed by atoms with Gasteiger partial charge >= 0.3 is 0 Å². The summed E-state index contributed by atoms with van der Waals surface area (Å²) in [6, 6.07) is 6.42. The first-order chi connectivity index (χ1) is 8.96. The molecule has 106 valence electrons. The zero-order valence-corrected chi connectivity index (χ0v) is 11.6. The molecule has 0 aliphatic heterocycles. The minimum atomic E-state index is -3.01. The van der Waals surface area contributed by atoms with Crippen LogP contribution in [-0.4, -0.2) is 31.4 Å². The van der Waals surface area contributed by atoms with Gasteiger partial charge in [-0.25, -0.2) is 8.42 Å². The molecule has 0 radical (unpaired) electrons. The SMILES string of the molecule is CCCS(=O)(=O)CCNCc1ccccc1[N+](=O)[O-]. The van der Waals surface area contributed by atoms with Gasteiger partial charge in [0.15, 0.2) is 9.84 Å². The highest BCUT2D eigenvalue weighted by Gasteiger charge is 2.12. The second-order valence-electron chi connectivity index (χ2n) is 4.21. The number of nitrogens with zero attached hydrogens (tertiary/aromatic N) is 1. The molecule has 0 saturated carbocycles. The third-order valence-electron chi connectivity index (χ3n) is 2.61. The number of nitro benzene ring substituents is 1. The van der Waals surface area contributed by atoms with Crippen molar-refractivity contribution in [1.29, 1.82) is 0 Å². The summed E-state index contributed by atoms with van der Waals surface area (Å²) < 4.78 is 22.9. The van der Waals surface area contributed by atoms with Gasteiger partial charge < -0.3 is 5.32 Å². The highest BCUT2D eigenvalue weighted by molar-refractivity contribution is 7.91. The van der Waals surface area contributed by atoms with Crippen LogP contribution in [0.3, 0.4) is 0 Å². The Morgan fingerprint density at radius 1 is 1.26 bits per heavy atom. The average molecular weight is 286 g/mol. The molecule has 0 atom stereocenters. The van der Waals surface area contributed by atoms with Crippen molar-refractivity contribution in [3.05, 3.63) is 39.9 Å². The quantitative estimate of drug-likeness (QED) is 0.444. The number of rotatable bonds is 8. The van der Waals surface area contributed by atoms with Crippen LogP contribution in [0.25, 0.3) is 0 Å². The Labute approximate surface area is 112 Å².